The van der Waals surface area contributed by atoms with E-state index in [1.807, 2.05) is 48.5 Å². The van der Waals surface area contributed by atoms with Crippen LogP contribution in [0.5, 0.6) is 11.5 Å². The number of halogens is 3. The van der Waals surface area contributed by atoms with Crippen molar-refractivity contribution in [3.8, 4) is 11.5 Å². The fourth-order valence-electron chi connectivity index (χ4n) is 8.05. The summed E-state index contributed by atoms with van der Waals surface area (Å²) in [7, 11) is 3.28. The monoisotopic (exact) mass is 1120 g/mol. The number of fused-ring (bicyclic) bond motifs is 6. The molecule has 0 unspecified atom stereocenters. The fourth-order valence-corrected chi connectivity index (χ4v) is 8.95. The predicted octanol–water partition coefficient (Wildman–Crippen LogP) is 7.60. The number of aromatic amines is 2. The Morgan fingerprint density at radius 3 is 1.53 bits per heavy atom. The van der Waals surface area contributed by atoms with Crippen molar-refractivity contribution < 1.29 is 70.4 Å². The molecule has 374 valence electrons. The number of alkyl halides is 1. The molecule has 7 aromatic rings. The Balaban J connectivity index is 0.000000259. The molecule has 0 spiro atoms. The van der Waals surface area contributed by atoms with Gasteiger partial charge in [0.25, 0.3) is 0 Å². The minimum Gasteiger partial charge on any atom is -1.00 e. The van der Waals surface area contributed by atoms with E-state index in [2.05, 4.69) is 108 Å². The molecule has 0 radical (unpaired) electrons. The number of aliphatic hydroxyl groups excluding tert-OH is 4. The SMILES string of the molecule is COc1ccc(CCl)cc1.COc1ccc(COCCO)cc1.N[C@@H]1CCCc2c1[nH]c1ccc(Br)cc21.OCCO.OCCOCc1ccc(CN[C@@H]2CCCc3c2[nH]c2ccc(Br)cc32)cc1.[H-].[Na+]. The minimum atomic E-state index is -0.125. The van der Waals surface area contributed by atoms with E-state index >= 15 is 0 Å². The van der Waals surface area contributed by atoms with Crippen LogP contribution in [0.3, 0.4) is 0 Å². The van der Waals surface area contributed by atoms with Crippen molar-refractivity contribution in [1.29, 1.82) is 0 Å². The van der Waals surface area contributed by atoms with E-state index in [1.54, 1.807) is 14.2 Å². The summed E-state index contributed by atoms with van der Waals surface area (Å²) in [6.07, 6.45) is 6.97. The van der Waals surface area contributed by atoms with Gasteiger partial charge in [-0.25, -0.2) is 0 Å². The van der Waals surface area contributed by atoms with Gasteiger partial charge in [-0.1, -0.05) is 80.4 Å². The number of aliphatic hydroxyl groups is 4. The number of aryl methyl sites for hydroxylation is 2. The molecule has 0 bridgehead atoms. The van der Waals surface area contributed by atoms with Crippen LogP contribution >= 0.6 is 43.5 Å². The third-order valence-corrected chi connectivity index (χ3v) is 12.8. The maximum atomic E-state index is 8.77. The molecule has 2 aliphatic rings. The van der Waals surface area contributed by atoms with E-state index in [1.165, 1.54) is 62.7 Å². The van der Waals surface area contributed by atoms with Gasteiger partial charge in [-0.15, -0.1) is 11.6 Å². The number of H-pyrrole nitrogens is 2. The first-order valence-corrected chi connectivity index (χ1v) is 25.3. The number of hydrogen-bond acceptors (Lipinski definition) is 10. The van der Waals surface area contributed by atoms with Crippen LogP contribution in [0.2, 0.25) is 0 Å². The number of benzene rings is 5. The van der Waals surface area contributed by atoms with Gasteiger partial charge in [0.1, 0.15) is 11.5 Å². The van der Waals surface area contributed by atoms with Gasteiger partial charge >= 0.3 is 29.6 Å². The van der Waals surface area contributed by atoms with Gasteiger partial charge in [-0.05, 0) is 133 Å². The summed E-state index contributed by atoms with van der Waals surface area (Å²) in [5.41, 5.74) is 18.6. The van der Waals surface area contributed by atoms with Crippen LogP contribution in [-0.2, 0) is 48.0 Å². The molecule has 9 rings (SSSR count). The molecule has 2 atom stereocenters. The Kier molecular flexibility index (Phi) is 27.7. The zero-order chi connectivity index (χ0) is 49.4. The Morgan fingerprint density at radius 2 is 1.06 bits per heavy atom. The Labute approximate surface area is 457 Å². The average molecular weight is 1120 g/mol. The average Bonchev–Trinajstić information content (AvgIpc) is 3.96. The first kappa shape index (κ1) is 59.3. The number of methoxy groups -OCH3 is 2. The summed E-state index contributed by atoms with van der Waals surface area (Å²) >= 11 is 12.7. The molecule has 0 saturated heterocycles. The van der Waals surface area contributed by atoms with E-state index in [0.717, 1.165) is 69.4 Å². The number of rotatable bonds is 15. The summed E-state index contributed by atoms with van der Waals surface area (Å²) in [5, 5.41) is 38.9. The van der Waals surface area contributed by atoms with Gasteiger partial charge in [0.15, 0.2) is 0 Å². The summed E-state index contributed by atoms with van der Waals surface area (Å²) in [6.45, 7) is 2.57. The zero-order valence-electron chi connectivity index (χ0n) is 41.5. The minimum absolute atomic E-state index is 0. The third-order valence-electron chi connectivity index (χ3n) is 11.5. The number of ether oxygens (including phenoxy) is 4. The van der Waals surface area contributed by atoms with Crippen LogP contribution in [0.25, 0.3) is 21.8 Å². The quantitative estimate of drug-likeness (QED) is 0.0289. The molecule has 2 aliphatic carbocycles. The normalized spacial score (nSPS) is 14.4. The summed E-state index contributed by atoms with van der Waals surface area (Å²) in [5.74, 6) is 2.27. The summed E-state index contributed by atoms with van der Waals surface area (Å²) in [4.78, 5) is 7.09. The van der Waals surface area contributed by atoms with Crippen molar-refractivity contribution >= 4 is 65.3 Å². The first-order valence-electron chi connectivity index (χ1n) is 23.2. The van der Waals surface area contributed by atoms with E-state index in [4.69, 9.17) is 56.7 Å². The van der Waals surface area contributed by atoms with E-state index in [9.17, 15) is 0 Å². The first-order chi connectivity index (χ1) is 33.6. The topological polar surface area (TPSA) is 187 Å². The molecule has 0 amide bonds. The predicted molar refractivity (Wildman–Crippen MR) is 285 cm³/mol. The van der Waals surface area contributed by atoms with E-state index in [-0.39, 0.29) is 63.5 Å². The van der Waals surface area contributed by atoms with Crippen molar-refractivity contribution in [2.24, 2.45) is 5.73 Å². The van der Waals surface area contributed by atoms with E-state index in [0.29, 0.717) is 38.3 Å². The van der Waals surface area contributed by atoms with Gasteiger partial charge < -0.3 is 61.8 Å². The molecule has 2 heterocycles. The maximum Gasteiger partial charge on any atom is 1.00 e. The molecule has 5 aromatic carbocycles. The van der Waals surface area contributed by atoms with Crippen molar-refractivity contribution in [3.05, 3.63) is 163 Å². The van der Waals surface area contributed by atoms with Gasteiger partial charge in [0.05, 0.1) is 67.1 Å². The number of nitrogens with one attached hydrogen (secondary N) is 3. The van der Waals surface area contributed by atoms with Crippen molar-refractivity contribution in [3.63, 3.8) is 0 Å². The van der Waals surface area contributed by atoms with Gasteiger partial charge in [0.2, 0.25) is 0 Å². The van der Waals surface area contributed by atoms with Crippen LogP contribution in [0.1, 0.15) is 84.0 Å². The number of hydrogen-bond donors (Lipinski definition) is 8. The smallest absolute Gasteiger partial charge is 1.00 e. The number of aromatic nitrogens is 2. The molecule has 16 heteroatoms. The molecule has 2 aromatic heterocycles. The molecule has 12 nitrogen and oxygen atoms in total. The molecule has 0 fully saturated rings. The summed E-state index contributed by atoms with van der Waals surface area (Å²) < 4.78 is 22.8. The molecular weight excluding hydrogens is 1050 g/mol. The largest absolute Gasteiger partial charge is 1.00 e. The molecule has 70 heavy (non-hydrogen) atoms. The molecule has 0 aliphatic heterocycles. The van der Waals surface area contributed by atoms with Gasteiger partial charge in [-0.2, -0.15) is 0 Å². The van der Waals surface area contributed by atoms with Crippen molar-refractivity contribution in [1.82, 2.24) is 15.3 Å². The second-order valence-electron chi connectivity index (χ2n) is 16.4. The zero-order valence-corrected chi connectivity index (χ0v) is 46.4. The van der Waals surface area contributed by atoms with Crippen molar-refractivity contribution in [2.75, 3.05) is 53.9 Å². The van der Waals surface area contributed by atoms with Crippen LogP contribution < -0.4 is 50.1 Å². The molecular formula is C54H68Br2ClN4NaO8. The van der Waals surface area contributed by atoms with Crippen LogP contribution in [0.15, 0.2) is 118 Å². The Morgan fingerprint density at radius 1 is 0.614 bits per heavy atom. The van der Waals surface area contributed by atoms with Gasteiger partial charge in [-0.3, -0.25) is 0 Å². The Hall–Kier alpha value is -3.29. The number of nitrogens with two attached hydrogens (primary N) is 1. The van der Waals surface area contributed by atoms with Crippen molar-refractivity contribution in [2.45, 2.75) is 76.2 Å². The fraction of sp³-hybridized carbons (Fsp3) is 0.370. The van der Waals surface area contributed by atoms with E-state index < -0.39 is 0 Å². The maximum absolute atomic E-state index is 8.77. The van der Waals surface area contributed by atoms with Gasteiger partial charge in [0, 0.05) is 66.6 Å². The van der Waals surface area contributed by atoms with Crippen LogP contribution in [-0.4, -0.2) is 84.3 Å². The summed E-state index contributed by atoms with van der Waals surface area (Å²) in [6, 6.07) is 37.3. The van der Waals surface area contributed by atoms with Crippen LogP contribution in [0.4, 0.5) is 0 Å². The Bertz CT molecular complexity index is 2530. The second-order valence-corrected chi connectivity index (χ2v) is 18.5. The third kappa shape index (κ3) is 18.6. The second kappa shape index (κ2) is 32.7. The van der Waals surface area contributed by atoms with Crippen LogP contribution in [0, 0.1) is 0 Å². The molecule has 9 N–H and O–H groups in total. The molecule has 0 saturated carbocycles. The standard InChI is InChI=1S/C22H25BrN2O2.C12H13BrN2.C10H14O3.C8H9ClO.C2H6O2.Na.H/c23-17-8-9-20-19(12-17)18-2-1-3-21(22(18)25-20)24-13-15-4-6-16(7-5-15)14-27-11-10-26;13-7-4-5-11-9(6-7)8-2-1-3-10(14)12(8)15-11;1-12-10-4-2-9(3-5-10)8-13-7-6-11;1-10-8-4-2-7(6-9)3-5-8;3-1-2-4;;/h4-9,12,21,24-26H,1-3,10-11,13-14H2;4-6,10,15H,1-3,14H2;2-5,11H,6-8H2,1H3;2-5H,6H2,1H3;3-4H,1-2H2;;/q;;;;;+1;-1/t21-;10-;;;;;/m11...../s1.